The van der Waals surface area contributed by atoms with Gasteiger partial charge in [-0.05, 0) is 26.8 Å². The molecule has 0 bridgehead atoms. The molecule has 0 aliphatic heterocycles. The van der Waals surface area contributed by atoms with Crippen LogP contribution in [-0.2, 0) is 11.2 Å². The molecule has 1 aromatic heterocycles. The summed E-state index contributed by atoms with van der Waals surface area (Å²) >= 11 is 1.74. The van der Waals surface area contributed by atoms with Crippen LogP contribution in [-0.4, -0.2) is 30.3 Å². The Morgan fingerprint density at radius 2 is 2.29 bits per heavy atom. The molecule has 1 N–H and O–H groups in total. The molecule has 0 radical (unpaired) electrons. The molecule has 4 heteroatoms. The Bertz CT molecular complexity index is 320. The Morgan fingerprint density at radius 3 is 2.82 bits per heavy atom. The summed E-state index contributed by atoms with van der Waals surface area (Å²) in [5.74, 6) is 0. The van der Waals surface area contributed by atoms with Gasteiger partial charge in [-0.1, -0.05) is 12.8 Å². The quantitative estimate of drug-likeness (QED) is 0.847. The maximum absolute atomic E-state index is 6.11. The van der Waals surface area contributed by atoms with E-state index in [2.05, 4.69) is 17.2 Å². The third-order valence-corrected chi connectivity index (χ3v) is 4.53. The third-order valence-electron chi connectivity index (χ3n) is 3.73. The van der Waals surface area contributed by atoms with Crippen molar-refractivity contribution in [3.8, 4) is 0 Å². The van der Waals surface area contributed by atoms with Gasteiger partial charge in [0.2, 0.25) is 0 Å². The van der Waals surface area contributed by atoms with E-state index in [0.29, 0.717) is 6.04 Å². The van der Waals surface area contributed by atoms with Crippen LogP contribution < -0.4 is 5.32 Å². The van der Waals surface area contributed by atoms with E-state index in [0.717, 1.165) is 13.0 Å². The Kier molecular flexibility index (Phi) is 4.54. The van der Waals surface area contributed by atoms with Gasteiger partial charge < -0.3 is 10.1 Å². The number of nitrogens with zero attached hydrogens (tertiary/aromatic N) is 1. The number of hydrogen-bond acceptors (Lipinski definition) is 4. The molecule has 96 valence electrons. The minimum absolute atomic E-state index is 0.0369. The maximum atomic E-state index is 6.11. The van der Waals surface area contributed by atoms with Crippen molar-refractivity contribution in [2.75, 3.05) is 13.7 Å². The summed E-state index contributed by atoms with van der Waals surface area (Å²) in [4.78, 5) is 4.39. The van der Waals surface area contributed by atoms with Gasteiger partial charge >= 0.3 is 0 Å². The molecular formula is C13H22N2OS. The van der Waals surface area contributed by atoms with E-state index in [9.17, 15) is 0 Å². The van der Waals surface area contributed by atoms with Gasteiger partial charge in [-0.25, -0.2) is 4.98 Å². The van der Waals surface area contributed by atoms with Crippen molar-refractivity contribution < 1.29 is 4.74 Å². The molecule has 1 fully saturated rings. The topological polar surface area (TPSA) is 34.1 Å². The highest BCUT2D eigenvalue weighted by atomic mass is 32.1. The van der Waals surface area contributed by atoms with Gasteiger partial charge in [0, 0.05) is 30.6 Å². The minimum Gasteiger partial charge on any atom is -0.374 e. The first-order valence-corrected chi connectivity index (χ1v) is 7.38. The van der Waals surface area contributed by atoms with E-state index in [1.165, 1.54) is 30.7 Å². The molecule has 1 atom stereocenters. The van der Waals surface area contributed by atoms with Gasteiger partial charge in [0.1, 0.15) is 0 Å². The van der Waals surface area contributed by atoms with Crippen LogP contribution >= 0.6 is 11.3 Å². The zero-order chi connectivity index (χ0) is 12.1. The van der Waals surface area contributed by atoms with Crippen LogP contribution in [0.1, 0.15) is 37.6 Å². The standard InChI is InChI=1S/C13H22N2OS/c1-3-16-13(6-4-5-7-13)11(14-2)10-12-15-8-9-17-12/h8-9,11,14H,3-7,10H2,1-2H3. The van der Waals surface area contributed by atoms with E-state index in [4.69, 9.17) is 4.74 Å². The van der Waals surface area contributed by atoms with Crippen molar-refractivity contribution in [3.05, 3.63) is 16.6 Å². The molecule has 1 heterocycles. The monoisotopic (exact) mass is 254 g/mol. The van der Waals surface area contributed by atoms with Crippen molar-refractivity contribution in [3.63, 3.8) is 0 Å². The van der Waals surface area contributed by atoms with E-state index >= 15 is 0 Å². The number of rotatable bonds is 6. The van der Waals surface area contributed by atoms with Gasteiger partial charge in [0.25, 0.3) is 0 Å². The number of hydrogen-bond donors (Lipinski definition) is 1. The molecule has 1 aliphatic carbocycles. The molecule has 0 amide bonds. The van der Waals surface area contributed by atoms with Gasteiger partial charge in [0.15, 0.2) is 0 Å². The van der Waals surface area contributed by atoms with Gasteiger partial charge in [-0.2, -0.15) is 0 Å². The van der Waals surface area contributed by atoms with Gasteiger partial charge in [0.05, 0.1) is 10.6 Å². The number of aromatic nitrogens is 1. The summed E-state index contributed by atoms with van der Waals surface area (Å²) in [6.45, 7) is 2.90. The summed E-state index contributed by atoms with van der Waals surface area (Å²) in [6, 6.07) is 0.385. The summed E-state index contributed by atoms with van der Waals surface area (Å²) in [6.07, 6.45) is 7.80. The van der Waals surface area contributed by atoms with Crippen LogP contribution in [0.2, 0.25) is 0 Å². The first-order valence-electron chi connectivity index (χ1n) is 6.50. The molecule has 0 saturated heterocycles. The van der Waals surface area contributed by atoms with Gasteiger partial charge in [-0.15, -0.1) is 11.3 Å². The first kappa shape index (κ1) is 13.0. The number of nitrogens with one attached hydrogen (secondary N) is 1. The SMILES string of the molecule is CCOC1(C(Cc2nccs2)NC)CCCC1. The Labute approximate surface area is 108 Å². The van der Waals surface area contributed by atoms with Crippen LogP contribution in [0.25, 0.3) is 0 Å². The van der Waals surface area contributed by atoms with Crippen LogP contribution in [0, 0.1) is 0 Å². The second-order valence-corrected chi connectivity index (χ2v) is 5.66. The highest BCUT2D eigenvalue weighted by Crippen LogP contribution is 2.37. The number of likely N-dealkylation sites (N-methyl/N-ethyl adjacent to an activating group) is 1. The lowest BCUT2D eigenvalue weighted by atomic mass is 9.89. The summed E-state index contributed by atoms with van der Waals surface area (Å²) in [5, 5.41) is 6.70. The molecule has 0 aromatic carbocycles. The van der Waals surface area contributed by atoms with E-state index < -0.39 is 0 Å². The number of thiazole rings is 1. The molecule has 0 spiro atoms. The molecular weight excluding hydrogens is 232 g/mol. The Balaban J connectivity index is 2.09. The normalized spacial score (nSPS) is 20.6. The van der Waals surface area contributed by atoms with Crippen LogP contribution in [0.4, 0.5) is 0 Å². The zero-order valence-electron chi connectivity index (χ0n) is 10.7. The van der Waals surface area contributed by atoms with E-state index in [1.54, 1.807) is 11.3 Å². The van der Waals surface area contributed by atoms with Crippen molar-refractivity contribution >= 4 is 11.3 Å². The average molecular weight is 254 g/mol. The third kappa shape index (κ3) is 2.87. The summed E-state index contributed by atoms with van der Waals surface area (Å²) in [7, 11) is 2.04. The lowest BCUT2D eigenvalue weighted by Crippen LogP contribution is -2.51. The van der Waals surface area contributed by atoms with E-state index in [1.807, 2.05) is 18.6 Å². The lowest BCUT2D eigenvalue weighted by molar-refractivity contribution is -0.0597. The highest BCUT2D eigenvalue weighted by Gasteiger charge is 2.41. The summed E-state index contributed by atoms with van der Waals surface area (Å²) in [5.41, 5.74) is 0.0369. The average Bonchev–Trinajstić information content (AvgIpc) is 2.97. The van der Waals surface area contributed by atoms with Crippen LogP contribution in [0.3, 0.4) is 0 Å². The second-order valence-electron chi connectivity index (χ2n) is 4.68. The minimum atomic E-state index is 0.0369. The molecule has 1 saturated carbocycles. The largest absolute Gasteiger partial charge is 0.374 e. The highest BCUT2D eigenvalue weighted by molar-refractivity contribution is 7.09. The van der Waals surface area contributed by atoms with Crippen LogP contribution in [0.5, 0.6) is 0 Å². The smallest absolute Gasteiger partial charge is 0.0941 e. The fourth-order valence-corrected chi connectivity index (χ4v) is 3.60. The van der Waals surface area contributed by atoms with Crippen molar-refractivity contribution in [2.24, 2.45) is 0 Å². The van der Waals surface area contributed by atoms with Crippen molar-refractivity contribution in [2.45, 2.75) is 50.7 Å². The zero-order valence-corrected chi connectivity index (χ0v) is 11.6. The summed E-state index contributed by atoms with van der Waals surface area (Å²) < 4.78 is 6.11. The fourth-order valence-electron chi connectivity index (χ4n) is 2.93. The number of ether oxygens (including phenoxy) is 1. The first-order chi connectivity index (χ1) is 8.30. The van der Waals surface area contributed by atoms with Crippen molar-refractivity contribution in [1.29, 1.82) is 0 Å². The predicted octanol–water partition coefficient (Wildman–Crippen LogP) is 2.62. The van der Waals surface area contributed by atoms with Crippen LogP contribution in [0.15, 0.2) is 11.6 Å². The van der Waals surface area contributed by atoms with E-state index in [-0.39, 0.29) is 5.60 Å². The second kappa shape index (κ2) is 5.94. The molecule has 2 rings (SSSR count). The molecule has 1 aromatic rings. The Hall–Kier alpha value is -0.450. The molecule has 1 unspecified atom stereocenters. The maximum Gasteiger partial charge on any atom is 0.0941 e. The predicted molar refractivity (Wildman–Crippen MR) is 71.5 cm³/mol. The van der Waals surface area contributed by atoms with Crippen molar-refractivity contribution in [1.82, 2.24) is 10.3 Å². The fraction of sp³-hybridized carbons (Fsp3) is 0.769. The lowest BCUT2D eigenvalue weighted by Gasteiger charge is -2.37. The van der Waals surface area contributed by atoms with Gasteiger partial charge in [-0.3, -0.25) is 0 Å². The molecule has 1 aliphatic rings. The molecule has 3 nitrogen and oxygen atoms in total. The molecule has 17 heavy (non-hydrogen) atoms. The Morgan fingerprint density at radius 1 is 1.53 bits per heavy atom.